The molecule has 4 nitrogen and oxygen atoms in total. The van der Waals surface area contributed by atoms with Gasteiger partial charge in [-0.15, -0.1) is 0 Å². The third kappa shape index (κ3) is 2.52. The lowest BCUT2D eigenvalue weighted by Gasteiger charge is -2.28. The first kappa shape index (κ1) is 14.8. The average Bonchev–Trinajstić information content (AvgIpc) is 3.05. The summed E-state index contributed by atoms with van der Waals surface area (Å²) in [7, 11) is 0. The van der Waals surface area contributed by atoms with Crippen molar-refractivity contribution in [3.05, 3.63) is 70.7 Å². The molecule has 5 heteroatoms. The molecular formula is C19H15FN2O2. The molecule has 2 aliphatic carbocycles. The molecule has 1 atom stereocenters. The van der Waals surface area contributed by atoms with Gasteiger partial charge in [-0.25, -0.2) is 9.38 Å². The Labute approximate surface area is 138 Å². The largest absolute Gasteiger partial charge is 0.325 e. The molecule has 2 amide bonds. The molecule has 1 aromatic carbocycles. The smallest absolute Gasteiger partial charge is 0.277 e. The first-order valence-corrected chi connectivity index (χ1v) is 7.93. The van der Waals surface area contributed by atoms with E-state index < -0.39 is 11.7 Å². The van der Waals surface area contributed by atoms with Crippen LogP contribution in [0.25, 0.3) is 0 Å². The van der Waals surface area contributed by atoms with Crippen LogP contribution in [0.3, 0.4) is 0 Å². The van der Waals surface area contributed by atoms with Crippen molar-refractivity contribution in [2.45, 2.75) is 19.3 Å². The van der Waals surface area contributed by atoms with E-state index in [0.717, 1.165) is 36.6 Å². The Morgan fingerprint density at radius 3 is 3.00 bits per heavy atom. The van der Waals surface area contributed by atoms with Gasteiger partial charge >= 0.3 is 0 Å². The molecule has 24 heavy (non-hydrogen) atoms. The van der Waals surface area contributed by atoms with Crippen LogP contribution in [0.4, 0.5) is 4.39 Å². The monoisotopic (exact) mass is 322 g/mol. The fourth-order valence-corrected chi connectivity index (χ4v) is 3.46. The Hall–Kier alpha value is -2.82. The van der Waals surface area contributed by atoms with E-state index in [1.165, 1.54) is 23.8 Å². The van der Waals surface area contributed by atoms with Crippen LogP contribution in [0.15, 0.2) is 64.3 Å². The second-order valence-electron chi connectivity index (χ2n) is 6.10. The predicted molar refractivity (Wildman–Crippen MR) is 87.9 cm³/mol. The third-order valence-electron chi connectivity index (χ3n) is 4.57. The van der Waals surface area contributed by atoms with Crippen LogP contribution in [0.5, 0.6) is 0 Å². The van der Waals surface area contributed by atoms with Crippen molar-refractivity contribution >= 4 is 17.5 Å². The van der Waals surface area contributed by atoms with Gasteiger partial charge in [-0.3, -0.25) is 9.59 Å². The van der Waals surface area contributed by atoms with E-state index in [9.17, 15) is 14.0 Å². The normalized spacial score (nSPS) is 23.7. The van der Waals surface area contributed by atoms with Gasteiger partial charge in [0.2, 0.25) is 0 Å². The molecule has 1 N–H and O–H groups in total. The van der Waals surface area contributed by atoms with E-state index >= 15 is 0 Å². The Morgan fingerprint density at radius 1 is 1.29 bits per heavy atom. The highest BCUT2D eigenvalue weighted by atomic mass is 19.1. The van der Waals surface area contributed by atoms with Crippen molar-refractivity contribution in [1.29, 1.82) is 0 Å². The quantitative estimate of drug-likeness (QED) is 0.864. The maximum absolute atomic E-state index is 13.2. The number of carbonyl (C=O) groups is 2. The summed E-state index contributed by atoms with van der Waals surface area (Å²) in [5, 5.41) is 2.90. The first-order chi connectivity index (χ1) is 11.6. The molecule has 1 aliphatic heterocycles. The number of amides is 2. The zero-order valence-corrected chi connectivity index (χ0v) is 12.9. The number of nitrogens with one attached hydrogen (secondary N) is 1. The molecule has 1 aromatic rings. The summed E-state index contributed by atoms with van der Waals surface area (Å²) in [4.78, 5) is 28.3. The lowest BCUT2D eigenvalue weighted by Crippen LogP contribution is -2.35. The van der Waals surface area contributed by atoms with Gasteiger partial charge in [0.15, 0.2) is 0 Å². The molecule has 0 radical (unpaired) electrons. The van der Waals surface area contributed by atoms with E-state index in [4.69, 9.17) is 0 Å². The summed E-state index contributed by atoms with van der Waals surface area (Å²) in [6.45, 7) is 0. The van der Waals surface area contributed by atoms with Gasteiger partial charge in [0, 0.05) is 22.8 Å². The van der Waals surface area contributed by atoms with E-state index in [0.29, 0.717) is 5.71 Å². The predicted octanol–water partition coefficient (Wildman–Crippen LogP) is 3.09. The molecule has 0 fully saturated rings. The summed E-state index contributed by atoms with van der Waals surface area (Å²) in [6.07, 6.45) is 8.25. The number of halogens is 1. The number of benzene rings is 1. The van der Waals surface area contributed by atoms with Crippen LogP contribution in [-0.2, 0) is 4.79 Å². The molecule has 0 bridgehead atoms. The molecule has 3 aliphatic rings. The summed E-state index contributed by atoms with van der Waals surface area (Å²) < 4.78 is 13.2. The van der Waals surface area contributed by atoms with Gasteiger partial charge in [-0.05, 0) is 55.2 Å². The van der Waals surface area contributed by atoms with Gasteiger partial charge in [-0.1, -0.05) is 12.1 Å². The molecule has 0 saturated heterocycles. The van der Waals surface area contributed by atoms with Crippen molar-refractivity contribution < 1.29 is 14.0 Å². The first-order valence-electron chi connectivity index (χ1n) is 7.93. The van der Waals surface area contributed by atoms with Crippen LogP contribution in [0, 0.1) is 11.7 Å². The molecule has 120 valence electrons. The van der Waals surface area contributed by atoms with Crippen molar-refractivity contribution in [3.63, 3.8) is 0 Å². The van der Waals surface area contributed by atoms with E-state index in [-0.39, 0.29) is 17.4 Å². The highest BCUT2D eigenvalue weighted by Crippen LogP contribution is 2.39. The molecule has 0 aromatic heterocycles. The van der Waals surface area contributed by atoms with Crippen molar-refractivity contribution in [2.75, 3.05) is 0 Å². The number of allylic oxidation sites excluding steroid dienone is 3. The Kier molecular flexibility index (Phi) is 3.49. The third-order valence-corrected chi connectivity index (χ3v) is 4.57. The van der Waals surface area contributed by atoms with Crippen molar-refractivity contribution in [2.24, 2.45) is 10.9 Å². The minimum absolute atomic E-state index is 0.0453. The molecular weight excluding hydrogens is 307 g/mol. The summed E-state index contributed by atoms with van der Waals surface area (Å²) in [6, 6.07) is 5.44. The van der Waals surface area contributed by atoms with E-state index in [1.54, 1.807) is 12.2 Å². The average molecular weight is 322 g/mol. The number of hydrogen-bond donors (Lipinski definition) is 1. The van der Waals surface area contributed by atoms with Gasteiger partial charge < -0.3 is 5.32 Å². The van der Waals surface area contributed by atoms with Crippen LogP contribution in [0.1, 0.15) is 29.6 Å². The minimum atomic E-state index is -0.507. The van der Waals surface area contributed by atoms with Crippen LogP contribution >= 0.6 is 0 Å². The number of aliphatic imine (C=N–C) groups is 1. The van der Waals surface area contributed by atoms with Gasteiger partial charge in [0.1, 0.15) is 5.82 Å². The second-order valence-corrected chi connectivity index (χ2v) is 6.10. The standard InChI is InChI=1S/C19H15FN2O2/c20-12-4-1-3-11(9-12)18(23)21-13-7-8-15-14-5-2-6-16(14)19(24)22-17(15)10-13/h1,3-4,7-10,15H,2,5-6H2,(H,22,24). The fourth-order valence-electron chi connectivity index (χ4n) is 3.46. The Balaban J connectivity index is 1.63. The van der Waals surface area contributed by atoms with Crippen molar-refractivity contribution in [3.8, 4) is 0 Å². The zero-order chi connectivity index (χ0) is 16.7. The molecule has 1 heterocycles. The summed E-state index contributed by atoms with van der Waals surface area (Å²) in [5.74, 6) is -0.953. The second kappa shape index (κ2) is 5.67. The zero-order valence-electron chi connectivity index (χ0n) is 12.9. The number of carbonyl (C=O) groups excluding carboxylic acids is 2. The number of hydrogen-bond acceptors (Lipinski definition) is 2. The van der Waals surface area contributed by atoms with Gasteiger partial charge in [-0.2, -0.15) is 0 Å². The summed E-state index contributed by atoms with van der Waals surface area (Å²) >= 11 is 0. The molecule has 0 spiro atoms. The minimum Gasteiger partial charge on any atom is -0.325 e. The molecule has 4 rings (SSSR count). The van der Waals surface area contributed by atoms with E-state index in [1.807, 2.05) is 6.08 Å². The molecule has 0 saturated carbocycles. The van der Waals surface area contributed by atoms with Crippen LogP contribution < -0.4 is 5.32 Å². The number of fused-ring (bicyclic) bond motifs is 2. The maximum atomic E-state index is 13.2. The summed E-state index contributed by atoms with van der Waals surface area (Å²) in [5.41, 5.74) is 3.49. The Morgan fingerprint density at radius 2 is 2.17 bits per heavy atom. The highest BCUT2D eigenvalue weighted by Gasteiger charge is 2.34. The van der Waals surface area contributed by atoms with E-state index in [2.05, 4.69) is 10.3 Å². The van der Waals surface area contributed by atoms with Crippen molar-refractivity contribution in [1.82, 2.24) is 5.32 Å². The number of rotatable bonds is 1. The van der Waals surface area contributed by atoms with Crippen LogP contribution in [-0.4, -0.2) is 17.5 Å². The fraction of sp³-hybridized carbons (Fsp3) is 0.211. The number of nitrogens with zero attached hydrogens (tertiary/aromatic N) is 1. The SMILES string of the molecule is O=C1NC2=CC(=NC(=O)c3cccc(F)c3)C=CC2C2=C1CCC2. The van der Waals surface area contributed by atoms with Gasteiger partial charge in [0.25, 0.3) is 11.8 Å². The van der Waals surface area contributed by atoms with Crippen LogP contribution in [0.2, 0.25) is 0 Å². The maximum Gasteiger partial charge on any atom is 0.277 e. The highest BCUT2D eigenvalue weighted by molar-refractivity contribution is 6.14. The van der Waals surface area contributed by atoms with Gasteiger partial charge in [0.05, 0.1) is 5.71 Å². The lowest BCUT2D eigenvalue weighted by atomic mass is 9.85. The lowest BCUT2D eigenvalue weighted by molar-refractivity contribution is -0.117. The molecule has 1 unspecified atom stereocenters. The topological polar surface area (TPSA) is 58.5 Å². The Bertz CT molecular complexity index is 877.